The minimum atomic E-state index is -0.584. The molecular formula is C28H20N2O6. The van der Waals surface area contributed by atoms with Crippen molar-refractivity contribution in [3.63, 3.8) is 0 Å². The molecule has 0 saturated heterocycles. The molecule has 0 saturated carbocycles. The predicted octanol–water partition coefficient (Wildman–Crippen LogP) is 5.43. The zero-order valence-corrected chi connectivity index (χ0v) is 19.4. The summed E-state index contributed by atoms with van der Waals surface area (Å²) >= 11 is 0. The van der Waals surface area contributed by atoms with Crippen molar-refractivity contribution in [1.82, 2.24) is 0 Å². The number of phenols is 2. The van der Waals surface area contributed by atoms with Crippen LogP contribution in [-0.4, -0.2) is 22.6 Å². The molecule has 2 N–H and O–H groups in total. The van der Waals surface area contributed by atoms with Gasteiger partial charge in [-0.1, -0.05) is 24.3 Å². The van der Waals surface area contributed by atoms with Gasteiger partial charge in [0.15, 0.2) is 0 Å². The molecule has 0 spiro atoms. The first-order chi connectivity index (χ1) is 17.3. The molecule has 178 valence electrons. The quantitative estimate of drug-likeness (QED) is 0.331. The summed E-state index contributed by atoms with van der Waals surface area (Å²) in [5.74, 6) is -0.235. The van der Waals surface area contributed by atoms with Gasteiger partial charge in [0, 0.05) is 23.6 Å². The monoisotopic (exact) mass is 480 g/mol. The summed E-state index contributed by atoms with van der Waals surface area (Å²) in [7, 11) is 0. The van der Waals surface area contributed by atoms with Crippen LogP contribution < -0.4 is 11.3 Å². The van der Waals surface area contributed by atoms with Gasteiger partial charge in [-0.25, -0.2) is 9.59 Å². The molecule has 8 nitrogen and oxygen atoms in total. The lowest BCUT2D eigenvalue weighted by Crippen LogP contribution is -2.04. The van der Waals surface area contributed by atoms with Crippen molar-refractivity contribution in [2.45, 2.75) is 13.8 Å². The minimum absolute atomic E-state index is 0.118. The van der Waals surface area contributed by atoms with E-state index in [-0.39, 0.29) is 33.4 Å². The van der Waals surface area contributed by atoms with Crippen molar-refractivity contribution in [1.29, 1.82) is 0 Å². The average molecular weight is 480 g/mol. The fraction of sp³-hybridized carbons (Fsp3) is 0.0714. The number of aryl methyl sites for hydroxylation is 2. The van der Waals surface area contributed by atoms with Gasteiger partial charge in [-0.05, 0) is 60.0 Å². The number of aliphatic imine (C=N–C) groups is 2. The standard InChI is InChI=1S/C28H20N2O6/c1-15-13-35-27(33)25-17(15)7-9-23(31)19(25)11-29-21-5-3-4-6-22(21)30-12-20-24(32)10-8-18-16(2)14-36-28(34)26(18)20/h3-14,31-32H,1-2H3. The Hall–Kier alpha value is -4.98. The molecule has 5 rings (SSSR count). The molecule has 8 heteroatoms. The number of phenolic OH excluding ortho intramolecular Hbond substituents is 2. The van der Waals surface area contributed by atoms with Crippen LogP contribution in [0.15, 0.2) is 89.5 Å². The van der Waals surface area contributed by atoms with Crippen LogP contribution in [0.1, 0.15) is 22.3 Å². The summed E-state index contributed by atoms with van der Waals surface area (Å²) in [6.07, 6.45) is 5.51. The first-order valence-corrected chi connectivity index (χ1v) is 11.0. The summed E-state index contributed by atoms with van der Waals surface area (Å²) in [6, 6.07) is 13.2. The number of hydrogen-bond acceptors (Lipinski definition) is 8. The van der Waals surface area contributed by atoms with Crippen molar-refractivity contribution in [3.05, 3.63) is 104 Å². The summed E-state index contributed by atoms with van der Waals surface area (Å²) in [5.41, 5.74) is 1.65. The molecule has 0 radical (unpaired) electrons. The zero-order valence-electron chi connectivity index (χ0n) is 19.4. The van der Waals surface area contributed by atoms with Gasteiger partial charge in [-0.3, -0.25) is 9.98 Å². The number of rotatable bonds is 4. The van der Waals surface area contributed by atoms with Crippen molar-refractivity contribution < 1.29 is 19.0 Å². The van der Waals surface area contributed by atoms with Crippen molar-refractivity contribution >= 4 is 45.3 Å². The molecule has 0 unspecified atom stereocenters. The summed E-state index contributed by atoms with van der Waals surface area (Å²) < 4.78 is 10.2. The molecule has 3 aromatic carbocycles. The Labute approximate surface area is 204 Å². The lowest BCUT2D eigenvalue weighted by atomic mass is 10.0. The van der Waals surface area contributed by atoms with E-state index in [2.05, 4.69) is 9.98 Å². The maximum Gasteiger partial charge on any atom is 0.344 e. The summed E-state index contributed by atoms with van der Waals surface area (Å²) in [4.78, 5) is 33.8. The molecule has 0 amide bonds. The van der Waals surface area contributed by atoms with Crippen LogP contribution in [0.4, 0.5) is 11.4 Å². The maximum atomic E-state index is 12.4. The fourth-order valence-electron chi connectivity index (χ4n) is 4.05. The Morgan fingerprint density at radius 3 is 1.50 bits per heavy atom. The van der Waals surface area contributed by atoms with Crippen LogP contribution in [0.2, 0.25) is 0 Å². The minimum Gasteiger partial charge on any atom is -0.507 e. The highest BCUT2D eigenvalue weighted by Crippen LogP contribution is 2.31. The molecule has 0 aliphatic carbocycles. The Morgan fingerprint density at radius 2 is 1.08 bits per heavy atom. The molecule has 2 aromatic heterocycles. The third-order valence-corrected chi connectivity index (χ3v) is 5.94. The van der Waals surface area contributed by atoms with E-state index in [1.165, 1.54) is 37.1 Å². The number of benzene rings is 3. The van der Waals surface area contributed by atoms with E-state index in [0.717, 1.165) is 11.1 Å². The van der Waals surface area contributed by atoms with E-state index in [9.17, 15) is 19.8 Å². The Balaban J connectivity index is 1.61. The first kappa shape index (κ1) is 22.8. The van der Waals surface area contributed by atoms with Gasteiger partial charge in [-0.2, -0.15) is 0 Å². The van der Waals surface area contributed by atoms with Crippen LogP contribution in [0.5, 0.6) is 11.5 Å². The van der Waals surface area contributed by atoms with Gasteiger partial charge in [0.1, 0.15) is 11.5 Å². The maximum absolute atomic E-state index is 12.4. The molecule has 2 heterocycles. The van der Waals surface area contributed by atoms with Crippen LogP contribution in [-0.2, 0) is 0 Å². The van der Waals surface area contributed by atoms with Gasteiger partial charge < -0.3 is 19.0 Å². The molecule has 0 aliphatic heterocycles. The second-order valence-corrected chi connectivity index (χ2v) is 8.26. The van der Waals surface area contributed by atoms with Crippen molar-refractivity contribution in [2.24, 2.45) is 9.98 Å². The van der Waals surface area contributed by atoms with Crippen molar-refractivity contribution in [2.75, 3.05) is 0 Å². The number of aromatic hydroxyl groups is 2. The molecule has 0 bridgehead atoms. The van der Waals surface area contributed by atoms with Gasteiger partial charge >= 0.3 is 11.3 Å². The van der Waals surface area contributed by atoms with E-state index < -0.39 is 11.3 Å². The fourth-order valence-corrected chi connectivity index (χ4v) is 4.05. The van der Waals surface area contributed by atoms with Crippen LogP contribution in [0.25, 0.3) is 21.5 Å². The Morgan fingerprint density at radius 1 is 0.667 bits per heavy atom. The molecule has 0 fully saturated rings. The average Bonchev–Trinajstić information content (AvgIpc) is 2.87. The molecular weight excluding hydrogens is 460 g/mol. The normalized spacial score (nSPS) is 11.8. The SMILES string of the molecule is Cc1coc(=O)c2c(C=Nc3ccccc3N=Cc3c(O)ccc4c(C)coc(=O)c34)c(O)ccc12. The van der Waals surface area contributed by atoms with E-state index in [4.69, 9.17) is 8.83 Å². The van der Waals surface area contributed by atoms with Gasteiger partial charge in [0.2, 0.25) is 0 Å². The molecule has 0 aliphatic rings. The largest absolute Gasteiger partial charge is 0.507 e. The van der Waals surface area contributed by atoms with Crippen LogP contribution in [0, 0.1) is 13.8 Å². The Bertz CT molecular complexity index is 1690. The first-order valence-electron chi connectivity index (χ1n) is 11.0. The third kappa shape index (κ3) is 3.94. The lowest BCUT2D eigenvalue weighted by molar-refractivity contribution is 0.473. The van der Waals surface area contributed by atoms with Gasteiger partial charge in [-0.15, -0.1) is 0 Å². The van der Waals surface area contributed by atoms with E-state index >= 15 is 0 Å². The van der Waals surface area contributed by atoms with Crippen LogP contribution >= 0.6 is 0 Å². The zero-order chi connectivity index (χ0) is 25.4. The number of hydrogen-bond donors (Lipinski definition) is 2. The second-order valence-electron chi connectivity index (χ2n) is 8.26. The highest BCUT2D eigenvalue weighted by atomic mass is 16.4. The number of fused-ring (bicyclic) bond motifs is 2. The predicted molar refractivity (Wildman–Crippen MR) is 139 cm³/mol. The smallest absolute Gasteiger partial charge is 0.344 e. The third-order valence-electron chi connectivity index (χ3n) is 5.94. The molecule has 5 aromatic rings. The molecule has 36 heavy (non-hydrogen) atoms. The van der Waals surface area contributed by atoms with E-state index in [1.807, 2.05) is 0 Å². The summed E-state index contributed by atoms with van der Waals surface area (Å²) in [6.45, 7) is 3.61. The van der Waals surface area contributed by atoms with E-state index in [0.29, 0.717) is 22.1 Å². The second kappa shape index (κ2) is 8.99. The van der Waals surface area contributed by atoms with Crippen molar-refractivity contribution in [3.8, 4) is 11.5 Å². The van der Waals surface area contributed by atoms with Crippen LogP contribution in [0.3, 0.4) is 0 Å². The molecule has 0 atom stereocenters. The Kier molecular flexibility index (Phi) is 5.69. The lowest BCUT2D eigenvalue weighted by Gasteiger charge is -2.07. The topological polar surface area (TPSA) is 126 Å². The highest BCUT2D eigenvalue weighted by molar-refractivity contribution is 6.05. The van der Waals surface area contributed by atoms with E-state index in [1.54, 1.807) is 50.2 Å². The van der Waals surface area contributed by atoms with Gasteiger partial charge in [0.25, 0.3) is 0 Å². The summed E-state index contributed by atoms with van der Waals surface area (Å²) in [5, 5.41) is 22.6. The number of para-hydroxylation sites is 2. The highest BCUT2D eigenvalue weighted by Gasteiger charge is 2.14. The van der Waals surface area contributed by atoms with Gasteiger partial charge in [0.05, 0.1) is 34.7 Å². The number of nitrogens with zero attached hydrogens (tertiary/aromatic N) is 2.